The molecule has 2 N–H and O–H groups in total. The van der Waals surface area contributed by atoms with E-state index < -0.39 is 34.8 Å². The minimum absolute atomic E-state index is 0.0607. The van der Waals surface area contributed by atoms with Crippen molar-refractivity contribution < 1.29 is 28.0 Å². The standard InChI is InChI=1S/C12H8F2N2O4/c1-5-7(4-15-20-5)11(17)16-10-2-6(12(18)19)8(13)3-9(10)14/h2-4H,1H3,(H,16,17)(H,18,19). The van der Waals surface area contributed by atoms with Crippen LogP contribution in [-0.2, 0) is 0 Å². The molecule has 0 spiro atoms. The fourth-order valence-corrected chi connectivity index (χ4v) is 1.52. The Bertz CT molecular complexity index is 697. The molecule has 0 saturated carbocycles. The van der Waals surface area contributed by atoms with E-state index in [4.69, 9.17) is 5.11 Å². The maximum absolute atomic E-state index is 13.5. The number of carboxylic acids is 1. The van der Waals surface area contributed by atoms with Crippen LogP contribution >= 0.6 is 0 Å². The van der Waals surface area contributed by atoms with Gasteiger partial charge in [0.1, 0.15) is 23.0 Å². The van der Waals surface area contributed by atoms with E-state index in [2.05, 4.69) is 15.0 Å². The van der Waals surface area contributed by atoms with Gasteiger partial charge in [0.15, 0.2) is 0 Å². The number of nitrogens with zero attached hydrogens (tertiary/aromatic N) is 1. The number of carbonyl (C=O) groups is 2. The van der Waals surface area contributed by atoms with Crippen LogP contribution < -0.4 is 5.32 Å². The number of rotatable bonds is 3. The van der Waals surface area contributed by atoms with Crippen molar-refractivity contribution in [2.75, 3.05) is 5.32 Å². The van der Waals surface area contributed by atoms with Gasteiger partial charge in [-0.2, -0.15) is 0 Å². The lowest BCUT2D eigenvalue weighted by atomic mass is 10.1. The Hall–Kier alpha value is -2.77. The fraction of sp³-hybridized carbons (Fsp3) is 0.0833. The van der Waals surface area contributed by atoms with Crippen LogP contribution in [0.25, 0.3) is 0 Å². The van der Waals surface area contributed by atoms with Gasteiger partial charge in [-0.25, -0.2) is 13.6 Å². The molecule has 2 rings (SSSR count). The van der Waals surface area contributed by atoms with Gasteiger partial charge in [-0.15, -0.1) is 0 Å². The third kappa shape index (κ3) is 2.48. The SMILES string of the molecule is Cc1oncc1C(=O)Nc1cc(C(=O)O)c(F)cc1F. The molecule has 20 heavy (non-hydrogen) atoms. The Labute approximate surface area is 111 Å². The van der Waals surface area contributed by atoms with E-state index in [0.29, 0.717) is 12.1 Å². The van der Waals surface area contributed by atoms with Crippen LogP contribution in [0.5, 0.6) is 0 Å². The summed E-state index contributed by atoms with van der Waals surface area (Å²) in [7, 11) is 0. The molecule has 0 saturated heterocycles. The highest BCUT2D eigenvalue weighted by Crippen LogP contribution is 2.21. The maximum Gasteiger partial charge on any atom is 0.338 e. The van der Waals surface area contributed by atoms with E-state index in [1.807, 2.05) is 0 Å². The van der Waals surface area contributed by atoms with Gasteiger partial charge in [0.25, 0.3) is 5.91 Å². The second-order valence-corrected chi connectivity index (χ2v) is 3.87. The molecular weight excluding hydrogens is 274 g/mol. The summed E-state index contributed by atoms with van der Waals surface area (Å²) in [6, 6.07) is 1.09. The van der Waals surface area contributed by atoms with Crippen LogP contribution in [0, 0.1) is 18.6 Å². The fourth-order valence-electron chi connectivity index (χ4n) is 1.52. The number of halogens is 2. The molecule has 0 unspecified atom stereocenters. The predicted molar refractivity (Wildman–Crippen MR) is 62.5 cm³/mol. The predicted octanol–water partition coefficient (Wildman–Crippen LogP) is 2.21. The van der Waals surface area contributed by atoms with E-state index in [0.717, 1.165) is 6.20 Å². The first-order chi connectivity index (χ1) is 9.40. The van der Waals surface area contributed by atoms with Gasteiger partial charge in [0, 0.05) is 6.07 Å². The molecule has 0 fully saturated rings. The Balaban J connectivity index is 2.34. The molecule has 1 amide bonds. The highest BCUT2D eigenvalue weighted by molar-refractivity contribution is 6.05. The number of aryl methyl sites for hydroxylation is 1. The van der Waals surface area contributed by atoms with Gasteiger partial charge in [-0.1, -0.05) is 5.16 Å². The zero-order chi connectivity index (χ0) is 14.9. The normalized spacial score (nSPS) is 10.3. The molecule has 6 nitrogen and oxygen atoms in total. The average molecular weight is 282 g/mol. The average Bonchev–Trinajstić information content (AvgIpc) is 2.78. The molecule has 2 aromatic rings. The van der Waals surface area contributed by atoms with Crippen LogP contribution in [-0.4, -0.2) is 22.1 Å². The van der Waals surface area contributed by atoms with Gasteiger partial charge < -0.3 is 14.9 Å². The molecule has 104 valence electrons. The van der Waals surface area contributed by atoms with Crippen LogP contribution in [0.15, 0.2) is 22.9 Å². The van der Waals surface area contributed by atoms with Crippen LogP contribution in [0.2, 0.25) is 0 Å². The molecule has 0 radical (unpaired) electrons. The lowest BCUT2D eigenvalue weighted by molar-refractivity contribution is 0.0691. The minimum atomic E-state index is -1.57. The van der Waals surface area contributed by atoms with Crippen LogP contribution in [0.1, 0.15) is 26.5 Å². The molecule has 0 bridgehead atoms. The third-order valence-corrected chi connectivity index (χ3v) is 2.53. The molecule has 1 aromatic carbocycles. The summed E-state index contributed by atoms with van der Waals surface area (Å²) in [4.78, 5) is 22.5. The number of hydrogen-bond donors (Lipinski definition) is 2. The zero-order valence-electron chi connectivity index (χ0n) is 10.1. The number of amides is 1. The van der Waals surface area contributed by atoms with Crippen molar-refractivity contribution in [2.24, 2.45) is 0 Å². The number of carboxylic acid groups (broad SMARTS) is 1. The van der Waals surface area contributed by atoms with E-state index in [1.165, 1.54) is 6.92 Å². The number of benzene rings is 1. The van der Waals surface area contributed by atoms with Crippen molar-refractivity contribution in [3.05, 3.63) is 46.9 Å². The van der Waals surface area contributed by atoms with Gasteiger partial charge in [-0.05, 0) is 13.0 Å². The molecule has 1 heterocycles. The summed E-state index contributed by atoms with van der Waals surface area (Å²) in [5.41, 5.74) is -1.14. The Morgan fingerprint density at radius 2 is 1.95 bits per heavy atom. The molecule has 0 aliphatic heterocycles. The third-order valence-electron chi connectivity index (χ3n) is 2.53. The smallest absolute Gasteiger partial charge is 0.338 e. The Morgan fingerprint density at radius 3 is 2.50 bits per heavy atom. The molecule has 0 aliphatic carbocycles. The first-order valence-corrected chi connectivity index (χ1v) is 5.35. The van der Waals surface area contributed by atoms with E-state index in [-0.39, 0.29) is 11.3 Å². The molecule has 0 aliphatic rings. The molecule has 1 aromatic heterocycles. The van der Waals surface area contributed by atoms with Crippen molar-refractivity contribution in [1.29, 1.82) is 0 Å². The zero-order valence-corrected chi connectivity index (χ0v) is 10.1. The quantitative estimate of drug-likeness (QED) is 0.900. The van der Waals surface area contributed by atoms with Crippen LogP contribution in [0.3, 0.4) is 0 Å². The van der Waals surface area contributed by atoms with E-state index in [1.54, 1.807) is 0 Å². The molecular formula is C12H8F2N2O4. The number of aromatic nitrogens is 1. The van der Waals surface area contributed by atoms with Crippen molar-refractivity contribution in [1.82, 2.24) is 5.16 Å². The highest BCUT2D eigenvalue weighted by atomic mass is 19.1. The van der Waals surface area contributed by atoms with Crippen molar-refractivity contribution in [3.63, 3.8) is 0 Å². The summed E-state index contributed by atoms with van der Waals surface area (Å²) >= 11 is 0. The van der Waals surface area contributed by atoms with Crippen molar-refractivity contribution in [3.8, 4) is 0 Å². The topological polar surface area (TPSA) is 92.4 Å². The lowest BCUT2D eigenvalue weighted by Crippen LogP contribution is -2.14. The molecule has 8 heteroatoms. The van der Waals surface area contributed by atoms with Gasteiger partial charge >= 0.3 is 5.97 Å². The first kappa shape index (κ1) is 13.7. The number of aromatic carboxylic acids is 1. The summed E-state index contributed by atoms with van der Waals surface area (Å²) < 4.78 is 31.4. The van der Waals surface area contributed by atoms with Gasteiger partial charge in [-0.3, -0.25) is 4.79 Å². The second kappa shape index (κ2) is 5.08. The van der Waals surface area contributed by atoms with Crippen molar-refractivity contribution >= 4 is 17.6 Å². The Kier molecular flexibility index (Phi) is 3.47. The monoisotopic (exact) mass is 282 g/mol. The summed E-state index contributed by atoms with van der Waals surface area (Å²) in [5.74, 6) is -4.42. The first-order valence-electron chi connectivity index (χ1n) is 5.35. The van der Waals surface area contributed by atoms with Gasteiger partial charge in [0.05, 0.1) is 17.4 Å². The highest BCUT2D eigenvalue weighted by Gasteiger charge is 2.19. The lowest BCUT2D eigenvalue weighted by Gasteiger charge is -2.07. The number of anilines is 1. The van der Waals surface area contributed by atoms with E-state index in [9.17, 15) is 18.4 Å². The minimum Gasteiger partial charge on any atom is -0.478 e. The van der Waals surface area contributed by atoms with Gasteiger partial charge in [0.2, 0.25) is 0 Å². The number of nitrogens with one attached hydrogen (secondary N) is 1. The maximum atomic E-state index is 13.5. The number of hydrogen-bond acceptors (Lipinski definition) is 4. The molecule has 0 atom stereocenters. The van der Waals surface area contributed by atoms with E-state index >= 15 is 0 Å². The second-order valence-electron chi connectivity index (χ2n) is 3.87. The largest absolute Gasteiger partial charge is 0.478 e. The van der Waals surface area contributed by atoms with Crippen LogP contribution in [0.4, 0.5) is 14.5 Å². The summed E-state index contributed by atoms with van der Waals surface area (Å²) in [6.07, 6.45) is 1.13. The van der Waals surface area contributed by atoms with Crippen molar-refractivity contribution in [2.45, 2.75) is 6.92 Å². The number of carbonyl (C=O) groups excluding carboxylic acids is 1. The summed E-state index contributed by atoms with van der Waals surface area (Å²) in [5, 5.41) is 14.3. The Morgan fingerprint density at radius 1 is 1.25 bits per heavy atom. The summed E-state index contributed by atoms with van der Waals surface area (Å²) in [6.45, 7) is 1.48.